The first-order valence-electron chi connectivity index (χ1n) is 6.20. The molecule has 0 bridgehead atoms. The maximum absolute atomic E-state index is 12.3. The van der Waals surface area contributed by atoms with Crippen molar-refractivity contribution in [3.05, 3.63) is 64.7 Å². The molecular formula is C15H13ClN2O2S. The van der Waals surface area contributed by atoms with E-state index >= 15 is 0 Å². The molecule has 1 N–H and O–H groups in total. The minimum Gasteiger partial charge on any atom is -0.207 e. The molecule has 2 rings (SSSR count). The summed E-state index contributed by atoms with van der Waals surface area (Å²) in [7, 11) is -3.65. The van der Waals surface area contributed by atoms with Crippen LogP contribution in [0, 0.1) is 11.3 Å². The first kappa shape index (κ1) is 15.5. The van der Waals surface area contributed by atoms with Gasteiger partial charge < -0.3 is 0 Å². The monoisotopic (exact) mass is 320 g/mol. The summed E-state index contributed by atoms with van der Waals surface area (Å²) in [5, 5.41) is 9.28. The third-order valence-corrected chi connectivity index (χ3v) is 4.77. The van der Waals surface area contributed by atoms with Gasteiger partial charge in [-0.2, -0.15) is 5.26 Å². The van der Waals surface area contributed by atoms with E-state index in [2.05, 4.69) is 4.72 Å². The number of rotatable bonds is 4. The molecule has 1 atom stereocenters. The Balaban J connectivity index is 2.22. The van der Waals surface area contributed by atoms with Crippen molar-refractivity contribution in [2.75, 3.05) is 0 Å². The molecular weight excluding hydrogens is 308 g/mol. The van der Waals surface area contributed by atoms with E-state index in [0.29, 0.717) is 10.6 Å². The first-order chi connectivity index (χ1) is 9.92. The summed E-state index contributed by atoms with van der Waals surface area (Å²) in [6.45, 7) is 1.74. The molecule has 2 aromatic rings. The average Bonchev–Trinajstić information content (AvgIpc) is 2.47. The van der Waals surface area contributed by atoms with Crippen LogP contribution in [-0.4, -0.2) is 8.42 Å². The number of hydrogen-bond acceptors (Lipinski definition) is 3. The summed E-state index contributed by atoms with van der Waals surface area (Å²) in [4.78, 5) is 0.121. The molecule has 1 unspecified atom stereocenters. The molecule has 21 heavy (non-hydrogen) atoms. The minimum absolute atomic E-state index is 0.121. The zero-order valence-corrected chi connectivity index (χ0v) is 12.8. The number of halogens is 1. The van der Waals surface area contributed by atoms with E-state index in [9.17, 15) is 8.42 Å². The van der Waals surface area contributed by atoms with Gasteiger partial charge in [0.2, 0.25) is 10.0 Å². The van der Waals surface area contributed by atoms with Gasteiger partial charge in [0.1, 0.15) is 0 Å². The molecule has 4 nitrogen and oxygen atoms in total. The quantitative estimate of drug-likeness (QED) is 0.940. The summed E-state index contributed by atoms with van der Waals surface area (Å²) < 4.78 is 27.1. The largest absolute Gasteiger partial charge is 0.241 e. The average molecular weight is 321 g/mol. The lowest BCUT2D eigenvalue weighted by molar-refractivity contribution is 0.567. The summed E-state index contributed by atoms with van der Waals surface area (Å²) in [5.41, 5.74) is 1.19. The van der Waals surface area contributed by atoms with Gasteiger partial charge in [0, 0.05) is 11.1 Å². The molecule has 0 aliphatic rings. The Kier molecular flexibility index (Phi) is 4.63. The smallest absolute Gasteiger partial charge is 0.207 e. The number of hydrogen-bond donors (Lipinski definition) is 1. The van der Waals surface area contributed by atoms with Crippen molar-refractivity contribution in [1.82, 2.24) is 4.72 Å². The van der Waals surface area contributed by atoms with E-state index in [1.54, 1.807) is 31.2 Å². The lowest BCUT2D eigenvalue weighted by Gasteiger charge is -2.15. The van der Waals surface area contributed by atoms with Crippen LogP contribution in [0.1, 0.15) is 24.1 Å². The highest BCUT2D eigenvalue weighted by Crippen LogP contribution is 2.20. The van der Waals surface area contributed by atoms with Crippen molar-refractivity contribution in [2.24, 2.45) is 0 Å². The molecule has 0 saturated carbocycles. The summed E-state index contributed by atoms with van der Waals surface area (Å²) >= 11 is 5.90. The molecule has 0 aliphatic carbocycles. The number of sulfonamides is 1. The maximum atomic E-state index is 12.3. The lowest BCUT2D eigenvalue weighted by atomic mass is 10.1. The van der Waals surface area contributed by atoms with Crippen molar-refractivity contribution in [2.45, 2.75) is 17.9 Å². The van der Waals surface area contributed by atoms with Crippen molar-refractivity contribution in [3.63, 3.8) is 0 Å². The molecule has 6 heteroatoms. The van der Waals surface area contributed by atoms with Gasteiger partial charge in [0.15, 0.2) is 0 Å². The standard InChI is InChI=1S/C15H13ClN2O2S/c1-11(13-3-2-4-14(16)9-13)18-21(19,20)15-7-5-12(10-17)6-8-15/h2-9,11,18H,1H3. The van der Waals surface area contributed by atoms with Gasteiger partial charge in [0.25, 0.3) is 0 Å². The zero-order valence-electron chi connectivity index (χ0n) is 11.2. The predicted octanol–water partition coefficient (Wildman–Crippen LogP) is 3.25. The van der Waals surface area contributed by atoms with Gasteiger partial charge in [-0.05, 0) is 48.9 Å². The highest BCUT2D eigenvalue weighted by Gasteiger charge is 2.18. The minimum atomic E-state index is -3.65. The molecule has 108 valence electrons. The number of benzene rings is 2. The van der Waals surface area contributed by atoms with Crippen LogP contribution in [0.15, 0.2) is 53.4 Å². The van der Waals surface area contributed by atoms with Gasteiger partial charge in [0.05, 0.1) is 16.5 Å². The van der Waals surface area contributed by atoms with E-state index in [-0.39, 0.29) is 4.90 Å². The second-order valence-electron chi connectivity index (χ2n) is 4.53. The zero-order chi connectivity index (χ0) is 15.5. The fourth-order valence-electron chi connectivity index (χ4n) is 1.85. The normalized spacial score (nSPS) is 12.6. The Morgan fingerprint density at radius 2 is 1.86 bits per heavy atom. The lowest BCUT2D eigenvalue weighted by Crippen LogP contribution is -2.26. The summed E-state index contributed by atoms with van der Waals surface area (Å²) in [5.74, 6) is 0. The third kappa shape index (κ3) is 3.82. The van der Waals surface area contributed by atoms with Crippen LogP contribution in [-0.2, 0) is 10.0 Å². The number of nitriles is 1. The molecule has 0 radical (unpaired) electrons. The molecule has 0 fully saturated rings. The van der Waals surface area contributed by atoms with Crippen LogP contribution in [0.4, 0.5) is 0 Å². The third-order valence-electron chi connectivity index (χ3n) is 2.97. The van der Waals surface area contributed by atoms with Crippen LogP contribution in [0.3, 0.4) is 0 Å². The predicted molar refractivity (Wildman–Crippen MR) is 81.3 cm³/mol. The summed E-state index contributed by atoms with van der Waals surface area (Å²) in [6, 6.07) is 14.3. The molecule has 0 saturated heterocycles. The van der Waals surface area contributed by atoms with Crippen molar-refractivity contribution < 1.29 is 8.42 Å². The second kappa shape index (κ2) is 6.27. The van der Waals surface area contributed by atoms with E-state index in [4.69, 9.17) is 16.9 Å². The van der Waals surface area contributed by atoms with Crippen LogP contribution in [0.25, 0.3) is 0 Å². The Morgan fingerprint density at radius 3 is 2.43 bits per heavy atom. The molecule has 0 aliphatic heterocycles. The highest BCUT2D eigenvalue weighted by atomic mass is 35.5. The summed E-state index contributed by atoms with van der Waals surface area (Å²) in [6.07, 6.45) is 0. The van der Waals surface area contributed by atoms with Crippen LogP contribution >= 0.6 is 11.6 Å². The SMILES string of the molecule is CC(NS(=O)(=O)c1ccc(C#N)cc1)c1cccc(Cl)c1. The first-order valence-corrected chi connectivity index (χ1v) is 8.06. The molecule has 2 aromatic carbocycles. The van der Waals surface area contributed by atoms with E-state index in [1.165, 1.54) is 24.3 Å². The fourth-order valence-corrected chi connectivity index (χ4v) is 3.28. The molecule has 0 spiro atoms. The van der Waals surface area contributed by atoms with Crippen LogP contribution in [0.2, 0.25) is 5.02 Å². The van der Waals surface area contributed by atoms with Crippen LogP contribution in [0.5, 0.6) is 0 Å². The second-order valence-corrected chi connectivity index (χ2v) is 6.68. The van der Waals surface area contributed by atoms with E-state index in [0.717, 1.165) is 5.56 Å². The van der Waals surface area contributed by atoms with Gasteiger partial charge in [-0.3, -0.25) is 0 Å². The van der Waals surface area contributed by atoms with Gasteiger partial charge in [-0.25, -0.2) is 13.1 Å². The topological polar surface area (TPSA) is 70.0 Å². The molecule has 0 amide bonds. The Hall–Kier alpha value is -1.87. The van der Waals surface area contributed by atoms with Crippen LogP contribution < -0.4 is 4.72 Å². The Morgan fingerprint density at radius 1 is 1.19 bits per heavy atom. The van der Waals surface area contributed by atoms with E-state index in [1.807, 2.05) is 6.07 Å². The van der Waals surface area contributed by atoms with Gasteiger partial charge in [-0.1, -0.05) is 23.7 Å². The van der Waals surface area contributed by atoms with E-state index < -0.39 is 16.1 Å². The highest BCUT2D eigenvalue weighted by molar-refractivity contribution is 7.89. The number of nitrogens with one attached hydrogen (secondary N) is 1. The maximum Gasteiger partial charge on any atom is 0.241 e. The molecule has 0 aromatic heterocycles. The van der Waals surface area contributed by atoms with Crippen molar-refractivity contribution in [1.29, 1.82) is 5.26 Å². The fraction of sp³-hybridized carbons (Fsp3) is 0.133. The number of nitrogens with zero attached hydrogens (tertiary/aromatic N) is 1. The Labute approximate surface area is 129 Å². The molecule has 0 heterocycles. The van der Waals surface area contributed by atoms with Crippen molar-refractivity contribution in [3.8, 4) is 6.07 Å². The van der Waals surface area contributed by atoms with Crippen molar-refractivity contribution >= 4 is 21.6 Å². The van der Waals surface area contributed by atoms with Gasteiger partial charge in [-0.15, -0.1) is 0 Å². The Bertz CT molecular complexity index is 780. The van der Waals surface area contributed by atoms with Gasteiger partial charge >= 0.3 is 0 Å².